The molecule has 0 saturated heterocycles. The van der Waals surface area contributed by atoms with Gasteiger partial charge in [-0.3, -0.25) is 0 Å². The van der Waals surface area contributed by atoms with Crippen molar-refractivity contribution in [3.63, 3.8) is 0 Å². The molecule has 0 bridgehead atoms. The molecule has 0 saturated carbocycles. The number of methoxy groups -OCH3 is 1. The molecule has 2 aromatic carbocycles. The number of fused-ring (bicyclic) bond motifs is 1. The summed E-state index contributed by atoms with van der Waals surface area (Å²) in [6.07, 6.45) is 0. The van der Waals surface area contributed by atoms with Crippen LogP contribution in [0.15, 0.2) is 36.4 Å². The van der Waals surface area contributed by atoms with Crippen LogP contribution in [-0.2, 0) is 0 Å². The maximum absolute atomic E-state index is 12.8. The quantitative estimate of drug-likeness (QED) is 0.689. The molecule has 0 heterocycles. The molecule has 6 heteroatoms. The van der Waals surface area contributed by atoms with E-state index in [0.717, 1.165) is 6.07 Å². The minimum Gasteiger partial charge on any atom is -0.497 e. The molecule has 0 spiro atoms. The maximum Gasteiger partial charge on any atom is 1.00 e. The van der Waals surface area contributed by atoms with Crippen molar-refractivity contribution in [3.05, 3.63) is 36.4 Å². The van der Waals surface area contributed by atoms with Crippen molar-refractivity contribution in [2.75, 3.05) is 7.11 Å². The Hall–Kier alpha value is -0.00870. The van der Waals surface area contributed by atoms with E-state index in [0.29, 0.717) is 5.39 Å². The first-order chi connectivity index (χ1) is 7.52. The number of ether oxygens (including phenoxy) is 1. The number of hydrogen-bond donors (Lipinski definition) is 0. The van der Waals surface area contributed by atoms with Crippen LogP contribution in [0.1, 0.15) is 0 Å². The number of benzene rings is 2. The van der Waals surface area contributed by atoms with Crippen LogP contribution in [0.3, 0.4) is 0 Å². The van der Waals surface area contributed by atoms with E-state index in [4.69, 9.17) is 4.74 Å². The molecule has 0 aliphatic heterocycles. The molecule has 0 radical (unpaired) electrons. The molecule has 0 aliphatic rings. The Morgan fingerprint density at radius 2 is 1.71 bits per heavy atom. The summed E-state index contributed by atoms with van der Waals surface area (Å²) >= 11 is 0. The van der Waals surface area contributed by atoms with E-state index < -0.39 is 12.4 Å². The standard InChI is InChI=1S/C11H9BF3O.K/c1-16-9-6-8-4-2-3-5-10(8)11(7-9)12(13,14)15;/h2-7H,1H3;/q-1;+1. The van der Waals surface area contributed by atoms with Gasteiger partial charge in [-0.2, -0.15) is 0 Å². The molecular formula is C11H9BF3KO. The summed E-state index contributed by atoms with van der Waals surface area (Å²) in [6, 6.07) is 9.06. The van der Waals surface area contributed by atoms with Crippen molar-refractivity contribution < 1.29 is 69.1 Å². The van der Waals surface area contributed by atoms with Crippen LogP contribution in [0.2, 0.25) is 0 Å². The van der Waals surface area contributed by atoms with Gasteiger partial charge in [0.1, 0.15) is 5.75 Å². The van der Waals surface area contributed by atoms with Crippen molar-refractivity contribution >= 4 is 23.2 Å². The predicted octanol–water partition coefficient (Wildman–Crippen LogP) is -0.0932. The average molecular weight is 264 g/mol. The van der Waals surface area contributed by atoms with Gasteiger partial charge in [0.15, 0.2) is 0 Å². The predicted molar refractivity (Wildman–Crippen MR) is 59.2 cm³/mol. The monoisotopic (exact) mass is 264 g/mol. The Morgan fingerprint density at radius 1 is 1.06 bits per heavy atom. The van der Waals surface area contributed by atoms with Gasteiger partial charge in [0.2, 0.25) is 0 Å². The van der Waals surface area contributed by atoms with Crippen molar-refractivity contribution in [2.24, 2.45) is 0 Å². The van der Waals surface area contributed by atoms with Crippen LogP contribution >= 0.6 is 0 Å². The minimum absolute atomic E-state index is 0. The molecular weight excluding hydrogens is 255 g/mol. The smallest absolute Gasteiger partial charge is 0.497 e. The molecule has 2 aromatic rings. The third-order valence-electron chi connectivity index (χ3n) is 2.46. The van der Waals surface area contributed by atoms with Crippen LogP contribution in [0.5, 0.6) is 5.75 Å². The van der Waals surface area contributed by atoms with Crippen molar-refractivity contribution in [2.45, 2.75) is 0 Å². The number of rotatable bonds is 2. The van der Waals surface area contributed by atoms with Gasteiger partial charge in [0.05, 0.1) is 7.11 Å². The third kappa shape index (κ3) is 3.26. The van der Waals surface area contributed by atoms with Crippen LogP contribution in [-0.4, -0.2) is 14.1 Å². The molecule has 17 heavy (non-hydrogen) atoms. The van der Waals surface area contributed by atoms with Gasteiger partial charge in [-0.25, -0.2) is 0 Å². The first-order valence-electron chi connectivity index (χ1n) is 4.79. The molecule has 0 N–H and O–H groups in total. The second-order valence-corrected chi connectivity index (χ2v) is 3.51. The Balaban J connectivity index is 0.00000144. The summed E-state index contributed by atoms with van der Waals surface area (Å²) in [4.78, 5) is 0. The van der Waals surface area contributed by atoms with Crippen LogP contribution in [0.25, 0.3) is 10.8 Å². The van der Waals surface area contributed by atoms with E-state index in [1.54, 1.807) is 24.3 Å². The molecule has 84 valence electrons. The van der Waals surface area contributed by atoms with E-state index in [2.05, 4.69) is 0 Å². The first kappa shape index (κ1) is 15.1. The van der Waals surface area contributed by atoms with Crippen molar-refractivity contribution in [1.29, 1.82) is 0 Å². The summed E-state index contributed by atoms with van der Waals surface area (Å²) < 4.78 is 43.4. The van der Waals surface area contributed by atoms with Gasteiger partial charge < -0.3 is 17.7 Å². The largest absolute Gasteiger partial charge is 1.00 e. The van der Waals surface area contributed by atoms with Gasteiger partial charge in [0.25, 0.3) is 0 Å². The molecule has 0 atom stereocenters. The summed E-state index contributed by atoms with van der Waals surface area (Å²) in [6.45, 7) is -5.02. The van der Waals surface area contributed by atoms with Crippen molar-refractivity contribution in [1.82, 2.24) is 0 Å². The zero-order chi connectivity index (χ0) is 11.8. The Kier molecular flexibility index (Phi) is 5.09. The number of hydrogen-bond acceptors (Lipinski definition) is 1. The molecule has 1 nitrogen and oxygen atoms in total. The van der Waals surface area contributed by atoms with Gasteiger partial charge in [-0.15, -0.1) is 0 Å². The Bertz CT molecular complexity index is 528. The van der Waals surface area contributed by atoms with Gasteiger partial charge in [-0.05, 0) is 22.9 Å². The summed E-state index contributed by atoms with van der Waals surface area (Å²) in [5, 5.41) is 0.756. The topological polar surface area (TPSA) is 9.23 Å². The molecule has 0 amide bonds. The third-order valence-corrected chi connectivity index (χ3v) is 2.46. The van der Waals surface area contributed by atoms with E-state index >= 15 is 0 Å². The normalized spacial score (nSPS) is 11.1. The summed E-state index contributed by atoms with van der Waals surface area (Å²) in [7, 11) is 1.36. The second kappa shape index (κ2) is 5.75. The van der Waals surface area contributed by atoms with Gasteiger partial charge >= 0.3 is 58.4 Å². The fraction of sp³-hybridized carbons (Fsp3) is 0.0909. The average Bonchev–Trinajstić information content (AvgIpc) is 2.26. The van der Waals surface area contributed by atoms with Crippen molar-refractivity contribution in [3.8, 4) is 5.75 Å². The maximum atomic E-state index is 12.8. The van der Waals surface area contributed by atoms with E-state index in [1.165, 1.54) is 13.2 Å². The zero-order valence-corrected chi connectivity index (χ0v) is 12.7. The van der Waals surface area contributed by atoms with Gasteiger partial charge in [-0.1, -0.05) is 29.7 Å². The fourth-order valence-corrected chi connectivity index (χ4v) is 1.70. The fourth-order valence-electron chi connectivity index (χ4n) is 1.70. The van der Waals surface area contributed by atoms with Crippen LogP contribution < -0.4 is 61.6 Å². The number of halogens is 3. The molecule has 0 unspecified atom stereocenters. The van der Waals surface area contributed by atoms with Crippen LogP contribution in [0, 0.1) is 0 Å². The first-order valence-corrected chi connectivity index (χ1v) is 4.79. The van der Waals surface area contributed by atoms with Crippen LogP contribution in [0.4, 0.5) is 12.9 Å². The van der Waals surface area contributed by atoms with E-state index in [-0.39, 0.29) is 62.5 Å². The summed E-state index contributed by atoms with van der Waals surface area (Å²) in [5.74, 6) is 0.230. The second-order valence-electron chi connectivity index (χ2n) is 3.51. The Morgan fingerprint density at radius 3 is 2.29 bits per heavy atom. The zero-order valence-electron chi connectivity index (χ0n) is 9.58. The minimum atomic E-state index is -5.02. The molecule has 0 aliphatic carbocycles. The summed E-state index contributed by atoms with van der Waals surface area (Å²) in [5.41, 5.74) is -0.602. The Labute approximate surface area is 140 Å². The molecule has 0 fully saturated rings. The van der Waals surface area contributed by atoms with Gasteiger partial charge in [0, 0.05) is 0 Å². The molecule has 2 rings (SSSR count). The molecule has 0 aromatic heterocycles. The van der Waals surface area contributed by atoms with E-state index in [9.17, 15) is 12.9 Å². The SMILES string of the molecule is COc1cc([B-](F)(F)F)c2ccccc2c1.[K+]. The van der Waals surface area contributed by atoms with E-state index in [1.807, 2.05) is 0 Å².